The van der Waals surface area contributed by atoms with Crippen LogP contribution in [0.3, 0.4) is 0 Å². The van der Waals surface area contributed by atoms with E-state index >= 15 is 0 Å². The van der Waals surface area contributed by atoms with Crippen molar-refractivity contribution < 1.29 is 223 Å². The number of hydrogen-bond acceptors (Lipinski definition) is 48. The highest BCUT2D eigenvalue weighted by Crippen LogP contribution is 2.42. The topological polar surface area (TPSA) is 711 Å². The molecule has 0 spiro atoms. The molecule has 35 atom stereocenters. The molecule has 6 aromatic rings. The van der Waals surface area contributed by atoms with Crippen molar-refractivity contribution in [2.45, 2.75) is 312 Å². The van der Waals surface area contributed by atoms with Gasteiger partial charge in [0.25, 0.3) is 60.7 Å². The molecule has 15 N–H and O–H groups in total. The van der Waals surface area contributed by atoms with Crippen LogP contribution in [0.25, 0.3) is 0 Å². The predicted molar refractivity (Wildman–Crippen MR) is 479 cm³/mol. The zero-order valence-electron chi connectivity index (χ0n) is 78.1. The Morgan fingerprint density at radius 1 is 0.236 bits per heavy atom. The van der Waals surface area contributed by atoms with E-state index in [4.69, 9.17) is 96.2 Å². The molecule has 21 saturated heterocycles. The third-order valence-electron chi connectivity index (χ3n) is 24.6. The average Bonchev–Trinajstić information content (AvgIpc) is 0.782. The number of nitrogens with one attached hydrogen (secondary N) is 1. The van der Waals surface area contributed by atoms with E-state index in [0.717, 1.165) is 72.8 Å². The lowest BCUT2D eigenvalue weighted by molar-refractivity contribution is -0.395. The van der Waals surface area contributed by atoms with E-state index in [0.29, 0.717) is 33.4 Å². The minimum Gasteiger partial charge on any atom is -0.444 e. The van der Waals surface area contributed by atoms with Gasteiger partial charge in [0.2, 0.25) is 0 Å². The van der Waals surface area contributed by atoms with Gasteiger partial charge in [-0.3, -0.25) is 25.1 Å². The molecule has 0 aliphatic carbocycles. The molecule has 14 bridgehead atoms. The van der Waals surface area contributed by atoms with Crippen LogP contribution in [0.1, 0.15) is 54.2 Å². The first kappa shape index (κ1) is 113. The highest BCUT2D eigenvalue weighted by molar-refractivity contribution is 7.88. The Hall–Kier alpha value is -7.07. The number of rotatable bonds is 26. The second-order valence-corrected chi connectivity index (χ2v) is 46.3. The van der Waals surface area contributed by atoms with E-state index in [9.17, 15) is 127 Å². The van der Waals surface area contributed by atoms with E-state index in [1.807, 2.05) is 0 Å². The maximum atomic E-state index is 14.2. The van der Waals surface area contributed by atoms with Crippen LogP contribution in [0, 0.1) is 41.5 Å². The fourth-order valence-electron chi connectivity index (χ4n) is 16.4. The van der Waals surface area contributed by atoms with Gasteiger partial charge in [0.15, 0.2) is 44.0 Å². The van der Waals surface area contributed by atoms with Gasteiger partial charge in [0, 0.05) is 6.54 Å². The van der Waals surface area contributed by atoms with Gasteiger partial charge in [-0.05, 0) is 135 Å². The van der Waals surface area contributed by atoms with Crippen LogP contribution in [0.2, 0.25) is 0 Å². The molecule has 27 rings (SSSR count). The normalized spacial score (nSPS) is 35.7. The summed E-state index contributed by atoms with van der Waals surface area (Å²) < 4.78 is 296. The molecule has 0 unspecified atom stereocenters. The Morgan fingerprint density at radius 3 is 0.521 bits per heavy atom. The van der Waals surface area contributed by atoms with Crippen LogP contribution in [0.15, 0.2) is 175 Å². The van der Waals surface area contributed by atoms with E-state index in [1.54, 1.807) is 41.5 Å². The van der Waals surface area contributed by atoms with E-state index in [1.165, 1.54) is 93.6 Å². The lowest BCUT2D eigenvalue weighted by Gasteiger charge is -2.50. The van der Waals surface area contributed by atoms with Crippen molar-refractivity contribution in [1.82, 2.24) is 5.32 Å². The summed E-state index contributed by atoms with van der Waals surface area (Å²) in [6.07, 6.45) is -88.7. The SMILES string of the molecule is Cc1ccc(S(=O)(=O)OC[C@@H]2O[C@H]3O[C@@H]4[C@@H](O)[C@H](O)[C@H](O[C@@H]5[C@@H](O)[C@H](O)[C@H](O[C@@H]6[C@@H](O)[C@@H](O)[C@H](O[C@@H]7[C@@H](O)[C@H](O)[C@H](O[C@@H]8[C@@H](O)[C@H](O)[C@H](O[C@@H]9[C@@H](O)[C@H](O)[C@H](O[C@@H]2[C@H](O)[C@@H]3O)O[C@H]9COS(=O)(=O)c2ccc(C)cc2)O[C@H]8CNC(=O)OC(C)(C)C)O[C@H]7COS(=O)(=O)c2ccc(C)cc2)O[C@H]6COS(=O)(=O)c2ccc(C)cc2)O[C@H]5COS(=O)(=O)c2ccc(C)cc2)O[C@H]4COS(=O)(=O)c2ccc(C)cc2)cc1. The van der Waals surface area contributed by atoms with Crippen molar-refractivity contribution in [2.75, 3.05) is 46.2 Å². The van der Waals surface area contributed by atoms with Crippen LogP contribution in [0.4, 0.5) is 4.79 Å². The van der Waals surface area contributed by atoms with Crippen LogP contribution >= 0.6 is 0 Å². The van der Waals surface area contributed by atoms with Crippen LogP contribution in [-0.4, -0.2) is 395 Å². The molecule has 21 fully saturated rings. The number of aliphatic hydroxyl groups is 14. The maximum Gasteiger partial charge on any atom is 0.407 e. The summed E-state index contributed by atoms with van der Waals surface area (Å²) in [5, 5.41) is 178. The fraction of sp³-hybridized carbons (Fsp3) is 0.584. The molecule has 21 aliphatic heterocycles. The number of carbonyl (C=O) groups excluding carboxylic acids is 1. The van der Waals surface area contributed by atoms with E-state index < -0.39 is 363 Å². The zero-order valence-corrected chi connectivity index (χ0v) is 83.0. The summed E-state index contributed by atoms with van der Waals surface area (Å²) in [7, 11) is -30.1. The molecule has 0 radical (unpaired) electrons. The van der Waals surface area contributed by atoms with Crippen LogP contribution in [0.5, 0.6) is 0 Å². The number of ether oxygens (including phenoxy) is 15. The molecule has 49 nitrogen and oxygen atoms in total. The van der Waals surface area contributed by atoms with Crippen LogP contribution in [-0.2, 0) is 157 Å². The molecular formula is C89H115NO48S6. The quantitative estimate of drug-likeness (QED) is 0.0236. The molecule has 21 heterocycles. The van der Waals surface area contributed by atoms with Gasteiger partial charge in [0.05, 0.1) is 69.0 Å². The van der Waals surface area contributed by atoms with Crippen molar-refractivity contribution in [3.05, 3.63) is 179 Å². The minimum atomic E-state index is -5.02. The van der Waals surface area contributed by atoms with Gasteiger partial charge in [-0.2, -0.15) is 50.5 Å². The van der Waals surface area contributed by atoms with Crippen molar-refractivity contribution >= 4 is 66.8 Å². The molecule has 55 heteroatoms. The largest absolute Gasteiger partial charge is 0.444 e. The number of aryl methyl sites for hydroxylation is 6. The minimum absolute atomic E-state index is 0.503. The Morgan fingerprint density at radius 2 is 0.375 bits per heavy atom. The molecule has 6 aromatic carbocycles. The first-order chi connectivity index (χ1) is 67.6. The summed E-state index contributed by atoms with van der Waals surface area (Å²) in [4.78, 5) is 10.6. The lowest BCUT2D eigenvalue weighted by Crippen LogP contribution is -2.68. The third kappa shape index (κ3) is 26.4. The first-order valence-corrected chi connectivity index (χ1v) is 53.5. The van der Waals surface area contributed by atoms with Gasteiger partial charge in [-0.1, -0.05) is 106 Å². The summed E-state index contributed by atoms with van der Waals surface area (Å²) in [6.45, 7) is 4.87. The lowest BCUT2D eigenvalue weighted by atomic mass is 9.95. The number of aliphatic hydroxyl groups excluding tert-OH is 14. The van der Waals surface area contributed by atoms with Gasteiger partial charge in [-0.25, -0.2) is 4.79 Å². The summed E-state index contributed by atoms with van der Waals surface area (Å²) in [5.74, 6) is 0. The highest BCUT2D eigenvalue weighted by Gasteiger charge is 2.61. The maximum absolute atomic E-state index is 14.2. The molecule has 800 valence electrons. The van der Waals surface area contributed by atoms with Crippen molar-refractivity contribution in [2.24, 2.45) is 0 Å². The van der Waals surface area contributed by atoms with E-state index in [-0.39, 0.29) is 0 Å². The molecule has 0 saturated carbocycles. The number of alkyl carbamates (subject to hydrolysis) is 1. The van der Waals surface area contributed by atoms with Gasteiger partial charge in [-0.15, -0.1) is 0 Å². The average molecular weight is 2160 g/mol. The number of benzene rings is 6. The molecule has 1 amide bonds. The molecule has 0 aromatic heterocycles. The van der Waals surface area contributed by atoms with Gasteiger partial charge in [0.1, 0.15) is 177 Å². The smallest absolute Gasteiger partial charge is 0.407 e. The van der Waals surface area contributed by atoms with Gasteiger partial charge >= 0.3 is 6.09 Å². The number of hydrogen-bond donors (Lipinski definition) is 15. The molecule has 144 heavy (non-hydrogen) atoms. The summed E-state index contributed by atoms with van der Waals surface area (Å²) in [5.41, 5.74) is 2.07. The standard InChI is InChI=1S/C89H115NO48S6/c1-41-10-22-47(23-11-41)139(106,107)118-35-54-75-62(93)69(100)83(126-54)134-77-56(37-120-141(110,111)49-26-14-43(3)15-27-49)128-85(71(102)64(77)95)136-79-58(39-122-143(114,115)51-30-18-45(5)19-31-51)130-87(73(104)66(79)97)137-80-59(40-123-144(116,117)52-32-20-46(6)21-33-52)129-86(72(103)65(80)96)135-78-57(38-121-142(112,113)50-28-16-44(4)17-29-50)127-84(70(101)63(78)94)133-76-55(36-119-140(108,109)48-24-12-42(2)13-25-48)125-82(68(99)61(76)92)131-74-53(34-90-88(105)138-89(7,8)9)124-81(132-75)67(98)60(74)91/h10-33,53-87,91-104H,34-40H2,1-9H3,(H,90,105)/t53-,54-,55-,56-,57-,58-,59-,60-,61-,62-,63-,64+,65-,66-,67-,68-,69-,70+,71-,72-,73-,74-,75-,76-,77-,78-,79-,80-,81-,82-,83-,84-,85-,86-,87-/m0/s1. The Labute approximate surface area is 827 Å². The second kappa shape index (κ2) is 46.0. The zero-order chi connectivity index (χ0) is 105. The number of amides is 1. The van der Waals surface area contributed by atoms with Crippen molar-refractivity contribution in [1.29, 1.82) is 0 Å². The second-order valence-electron chi connectivity index (χ2n) is 36.6. The molecule has 21 aliphatic rings. The monoisotopic (exact) mass is 2160 g/mol. The number of carbonyl (C=O) groups is 1. The van der Waals surface area contributed by atoms with Crippen molar-refractivity contribution in [3.63, 3.8) is 0 Å². The Balaban J connectivity index is 0.890. The third-order valence-corrected chi connectivity index (χ3v) is 32.3. The van der Waals surface area contributed by atoms with Crippen LogP contribution < -0.4 is 5.32 Å². The first-order valence-electron chi connectivity index (χ1n) is 45.0. The fourth-order valence-corrected chi connectivity index (χ4v) is 21.9. The Kier molecular flexibility index (Phi) is 36.0. The van der Waals surface area contributed by atoms with Crippen molar-refractivity contribution in [3.8, 4) is 0 Å². The summed E-state index contributed by atoms with van der Waals surface area (Å²) >= 11 is 0. The van der Waals surface area contributed by atoms with E-state index in [2.05, 4.69) is 5.32 Å². The Bertz CT molecular complexity index is 5770. The summed E-state index contributed by atoms with van der Waals surface area (Å²) in [6, 6.07) is 29.9. The highest BCUT2D eigenvalue weighted by atomic mass is 32.2. The predicted octanol–water partition coefficient (Wildman–Crippen LogP) is -3.37. The van der Waals surface area contributed by atoms with Gasteiger partial charge < -0.3 is 148 Å². The molecular weight excluding hydrogens is 2040 g/mol.